The Bertz CT molecular complexity index is 693. The number of Topliss-reactive ketones (excluding diaryl/α,β-unsaturated/α-hetero) is 1. The highest BCUT2D eigenvalue weighted by Gasteiger charge is 2.19. The molecule has 124 valence electrons. The maximum Gasteiger partial charge on any atom is 0.182 e. The molecule has 1 aromatic heterocycles. The molecule has 0 saturated heterocycles. The van der Waals surface area contributed by atoms with E-state index < -0.39 is 0 Å². The van der Waals surface area contributed by atoms with Crippen molar-refractivity contribution < 1.29 is 4.79 Å². The van der Waals surface area contributed by atoms with Crippen LogP contribution < -0.4 is 0 Å². The maximum atomic E-state index is 12.5. The molecule has 0 unspecified atom stereocenters. The summed E-state index contributed by atoms with van der Waals surface area (Å²) in [7, 11) is 1.77. The third-order valence-electron chi connectivity index (χ3n) is 4.12. The van der Waals surface area contributed by atoms with Crippen LogP contribution in [0.1, 0.15) is 61.4 Å². The van der Waals surface area contributed by atoms with Crippen molar-refractivity contribution in [1.29, 1.82) is 0 Å². The highest BCUT2D eigenvalue weighted by molar-refractivity contribution is 6.34. The molecule has 23 heavy (non-hydrogen) atoms. The summed E-state index contributed by atoms with van der Waals surface area (Å²) in [6, 6.07) is 8.50. The summed E-state index contributed by atoms with van der Waals surface area (Å²) in [4.78, 5) is 12.5. The van der Waals surface area contributed by atoms with Gasteiger partial charge in [-0.3, -0.25) is 9.48 Å². The van der Waals surface area contributed by atoms with E-state index in [1.807, 2.05) is 6.92 Å². The summed E-state index contributed by atoms with van der Waals surface area (Å²) in [5, 5.41) is 4.81. The Kier molecular flexibility index (Phi) is 5.30. The van der Waals surface area contributed by atoms with Crippen molar-refractivity contribution in [3.63, 3.8) is 0 Å². The second-order valence-electron chi connectivity index (χ2n) is 6.96. The number of aryl methyl sites for hydroxylation is 3. The number of ketones is 1. The van der Waals surface area contributed by atoms with E-state index in [-0.39, 0.29) is 11.2 Å². The van der Waals surface area contributed by atoms with Crippen LogP contribution in [0, 0.1) is 0 Å². The van der Waals surface area contributed by atoms with Gasteiger partial charge in [0, 0.05) is 13.5 Å². The number of halogens is 1. The first-order chi connectivity index (χ1) is 10.7. The first kappa shape index (κ1) is 17.7. The summed E-state index contributed by atoms with van der Waals surface area (Å²) in [5.41, 5.74) is 3.92. The maximum absolute atomic E-state index is 12.5. The van der Waals surface area contributed by atoms with Crippen molar-refractivity contribution in [2.24, 2.45) is 7.05 Å². The summed E-state index contributed by atoms with van der Waals surface area (Å²) >= 11 is 6.27. The lowest BCUT2D eigenvalue weighted by atomic mass is 9.86. The monoisotopic (exact) mass is 332 g/mol. The lowest BCUT2D eigenvalue weighted by Gasteiger charge is -2.19. The van der Waals surface area contributed by atoms with Gasteiger partial charge in [-0.15, -0.1) is 0 Å². The van der Waals surface area contributed by atoms with E-state index in [2.05, 4.69) is 50.1 Å². The fraction of sp³-hybridized carbons (Fsp3) is 0.474. The molecule has 2 rings (SSSR count). The van der Waals surface area contributed by atoms with Gasteiger partial charge in [0.15, 0.2) is 5.78 Å². The predicted octanol–water partition coefficient (Wildman–Crippen LogP) is 4.75. The molecule has 0 spiro atoms. The van der Waals surface area contributed by atoms with Gasteiger partial charge in [-0.1, -0.05) is 63.6 Å². The Balaban J connectivity index is 2.06. The van der Waals surface area contributed by atoms with Gasteiger partial charge in [0.1, 0.15) is 5.69 Å². The molecule has 2 aromatic rings. The minimum absolute atomic E-state index is 0.0459. The molecule has 1 heterocycles. The van der Waals surface area contributed by atoms with Gasteiger partial charge in [-0.2, -0.15) is 5.10 Å². The zero-order valence-corrected chi connectivity index (χ0v) is 15.4. The molecule has 1 aromatic carbocycles. The number of benzene rings is 1. The van der Waals surface area contributed by atoms with Crippen molar-refractivity contribution in [1.82, 2.24) is 9.78 Å². The van der Waals surface area contributed by atoms with Crippen molar-refractivity contribution in [3.8, 4) is 0 Å². The van der Waals surface area contributed by atoms with Crippen LogP contribution in [0.3, 0.4) is 0 Å². The third kappa shape index (κ3) is 4.03. The van der Waals surface area contributed by atoms with E-state index in [0.717, 1.165) is 12.1 Å². The Hall–Kier alpha value is -1.61. The smallest absolute Gasteiger partial charge is 0.182 e. The zero-order valence-electron chi connectivity index (χ0n) is 14.6. The first-order valence-corrected chi connectivity index (χ1v) is 8.45. The molecule has 0 bridgehead atoms. The largest absolute Gasteiger partial charge is 0.292 e. The van der Waals surface area contributed by atoms with Crippen LogP contribution in [0.2, 0.25) is 5.02 Å². The molecule has 0 radical (unpaired) electrons. The van der Waals surface area contributed by atoms with Gasteiger partial charge in [0.2, 0.25) is 0 Å². The molecule has 0 aliphatic rings. The van der Waals surface area contributed by atoms with E-state index in [0.29, 0.717) is 23.6 Å². The topological polar surface area (TPSA) is 34.9 Å². The van der Waals surface area contributed by atoms with Gasteiger partial charge >= 0.3 is 0 Å². The van der Waals surface area contributed by atoms with Crippen LogP contribution in [0.15, 0.2) is 24.3 Å². The SMILES string of the molecule is CCc1nn(C)c(C(=O)CCc2ccc(C(C)(C)C)cc2)c1Cl. The molecule has 0 N–H and O–H groups in total. The third-order valence-corrected chi connectivity index (χ3v) is 4.51. The van der Waals surface area contributed by atoms with Crippen molar-refractivity contribution in [3.05, 3.63) is 51.8 Å². The number of hydrogen-bond acceptors (Lipinski definition) is 2. The Morgan fingerprint density at radius 1 is 1.22 bits per heavy atom. The summed E-state index contributed by atoms with van der Waals surface area (Å²) < 4.78 is 1.60. The summed E-state index contributed by atoms with van der Waals surface area (Å²) in [6.45, 7) is 8.57. The number of hydrogen-bond donors (Lipinski definition) is 0. The van der Waals surface area contributed by atoms with E-state index in [1.165, 1.54) is 11.1 Å². The summed E-state index contributed by atoms with van der Waals surface area (Å²) in [5.74, 6) is 0.0459. The molecular weight excluding hydrogens is 308 g/mol. The van der Waals surface area contributed by atoms with Crippen LogP contribution in [0.5, 0.6) is 0 Å². The second-order valence-corrected chi connectivity index (χ2v) is 7.33. The Morgan fingerprint density at radius 3 is 2.30 bits per heavy atom. The molecule has 0 saturated carbocycles. The molecule has 0 aliphatic heterocycles. The lowest BCUT2D eigenvalue weighted by molar-refractivity contribution is 0.0974. The van der Waals surface area contributed by atoms with Crippen molar-refractivity contribution in [2.75, 3.05) is 0 Å². The number of nitrogens with zero attached hydrogens (tertiary/aromatic N) is 2. The summed E-state index contributed by atoms with van der Waals surface area (Å²) in [6.07, 6.45) is 1.89. The van der Waals surface area contributed by atoms with Gasteiger partial charge in [0.25, 0.3) is 0 Å². The minimum Gasteiger partial charge on any atom is -0.292 e. The highest BCUT2D eigenvalue weighted by atomic mass is 35.5. The number of aromatic nitrogens is 2. The molecular formula is C19H25ClN2O. The fourth-order valence-electron chi connectivity index (χ4n) is 2.63. The molecule has 4 heteroatoms. The van der Waals surface area contributed by atoms with Gasteiger partial charge in [-0.25, -0.2) is 0 Å². The van der Waals surface area contributed by atoms with Crippen LogP contribution in [-0.2, 0) is 25.3 Å². The van der Waals surface area contributed by atoms with Gasteiger partial charge < -0.3 is 0 Å². The predicted molar refractivity (Wildman–Crippen MR) is 95.4 cm³/mol. The Morgan fingerprint density at radius 2 is 1.83 bits per heavy atom. The van der Waals surface area contributed by atoms with Crippen LogP contribution >= 0.6 is 11.6 Å². The molecule has 0 atom stereocenters. The molecule has 3 nitrogen and oxygen atoms in total. The molecule has 0 amide bonds. The van der Waals surface area contributed by atoms with Gasteiger partial charge in [0.05, 0.1) is 10.7 Å². The first-order valence-electron chi connectivity index (χ1n) is 8.08. The highest BCUT2D eigenvalue weighted by Crippen LogP contribution is 2.24. The van der Waals surface area contributed by atoms with Crippen molar-refractivity contribution in [2.45, 2.75) is 52.4 Å². The van der Waals surface area contributed by atoms with Crippen LogP contribution in [0.4, 0.5) is 0 Å². The number of rotatable bonds is 5. The average molecular weight is 333 g/mol. The number of carbonyl (C=O) groups excluding carboxylic acids is 1. The van der Waals surface area contributed by atoms with E-state index in [9.17, 15) is 4.79 Å². The Labute approximate surface area is 143 Å². The second kappa shape index (κ2) is 6.88. The number of carbonyl (C=O) groups is 1. The average Bonchev–Trinajstić information content (AvgIpc) is 2.78. The van der Waals surface area contributed by atoms with E-state index in [1.54, 1.807) is 11.7 Å². The zero-order chi connectivity index (χ0) is 17.2. The fourth-order valence-corrected chi connectivity index (χ4v) is 3.03. The quantitative estimate of drug-likeness (QED) is 0.741. The van der Waals surface area contributed by atoms with Crippen molar-refractivity contribution >= 4 is 17.4 Å². The normalized spacial score (nSPS) is 11.7. The standard InChI is InChI=1S/C19H25ClN2O/c1-6-15-17(20)18(22(5)21-15)16(23)12-9-13-7-10-14(11-8-13)19(2,3)4/h7-8,10-11H,6,9,12H2,1-5H3. The minimum atomic E-state index is 0.0459. The van der Waals surface area contributed by atoms with Crippen LogP contribution in [-0.4, -0.2) is 15.6 Å². The van der Waals surface area contributed by atoms with E-state index in [4.69, 9.17) is 11.6 Å². The lowest BCUT2D eigenvalue weighted by Crippen LogP contribution is -2.11. The molecule has 0 fully saturated rings. The molecule has 0 aliphatic carbocycles. The van der Waals surface area contributed by atoms with Crippen LogP contribution in [0.25, 0.3) is 0 Å². The van der Waals surface area contributed by atoms with E-state index >= 15 is 0 Å². The van der Waals surface area contributed by atoms with Gasteiger partial charge in [-0.05, 0) is 29.4 Å².